The average Bonchev–Trinajstić information content (AvgIpc) is 2.74. The van der Waals surface area contributed by atoms with Crippen LogP contribution in [0.3, 0.4) is 0 Å². The Morgan fingerprint density at radius 3 is 2.59 bits per heavy atom. The summed E-state index contributed by atoms with van der Waals surface area (Å²) in [5.41, 5.74) is 7.68. The maximum Gasteiger partial charge on any atom is 0.0941 e. The van der Waals surface area contributed by atoms with Gasteiger partial charge in [0.25, 0.3) is 0 Å². The van der Waals surface area contributed by atoms with Gasteiger partial charge < -0.3 is 10.6 Å². The summed E-state index contributed by atoms with van der Waals surface area (Å²) in [6, 6.07) is 7.90. The van der Waals surface area contributed by atoms with Crippen LogP contribution in [0.5, 0.6) is 0 Å². The summed E-state index contributed by atoms with van der Waals surface area (Å²) in [5, 5.41) is 0. The third-order valence-corrected chi connectivity index (χ3v) is 3.62. The van der Waals surface area contributed by atoms with E-state index in [1.54, 1.807) is 0 Å². The Kier molecular flexibility index (Phi) is 4.00. The smallest absolute Gasteiger partial charge is 0.0941 e. The Labute approximate surface area is 103 Å². The highest BCUT2D eigenvalue weighted by atomic mass is 19.1. The summed E-state index contributed by atoms with van der Waals surface area (Å²) in [4.78, 5) is 2.37. The van der Waals surface area contributed by atoms with E-state index in [9.17, 15) is 4.39 Å². The van der Waals surface area contributed by atoms with Gasteiger partial charge in [0, 0.05) is 30.6 Å². The molecule has 2 nitrogen and oxygen atoms in total. The topological polar surface area (TPSA) is 29.3 Å². The molecule has 1 heterocycles. The number of alkyl halides is 1. The molecule has 0 amide bonds. The second-order valence-electron chi connectivity index (χ2n) is 4.95. The standard InChI is InChI=1S/C14H21FN2/c1-2-7-17-9-12(8-15)14(10-17)11-3-5-13(16)6-4-11/h3-6,12,14H,2,7-10,16H2,1H3. The highest BCUT2D eigenvalue weighted by molar-refractivity contribution is 5.40. The minimum absolute atomic E-state index is 0.144. The Morgan fingerprint density at radius 1 is 1.29 bits per heavy atom. The average molecular weight is 236 g/mol. The van der Waals surface area contributed by atoms with Crippen molar-refractivity contribution < 1.29 is 4.39 Å². The zero-order valence-electron chi connectivity index (χ0n) is 10.4. The predicted molar refractivity (Wildman–Crippen MR) is 69.8 cm³/mol. The van der Waals surface area contributed by atoms with Gasteiger partial charge in [-0.05, 0) is 30.7 Å². The van der Waals surface area contributed by atoms with Gasteiger partial charge in [-0.1, -0.05) is 19.1 Å². The van der Waals surface area contributed by atoms with Gasteiger partial charge in [0.1, 0.15) is 0 Å². The van der Waals surface area contributed by atoms with Crippen LogP contribution in [0.25, 0.3) is 0 Å². The molecule has 2 atom stereocenters. The number of nitrogens with two attached hydrogens (primary N) is 1. The Bertz CT molecular complexity index is 350. The van der Waals surface area contributed by atoms with E-state index in [1.165, 1.54) is 5.56 Å². The van der Waals surface area contributed by atoms with Crippen LogP contribution >= 0.6 is 0 Å². The molecule has 1 aromatic carbocycles. The monoisotopic (exact) mass is 236 g/mol. The van der Waals surface area contributed by atoms with Crippen LogP contribution in [0.2, 0.25) is 0 Å². The summed E-state index contributed by atoms with van der Waals surface area (Å²) in [6.45, 7) is 4.88. The lowest BCUT2D eigenvalue weighted by molar-refractivity contribution is 0.302. The molecule has 0 saturated carbocycles. The molecule has 17 heavy (non-hydrogen) atoms. The molecule has 0 bridgehead atoms. The lowest BCUT2D eigenvalue weighted by Gasteiger charge is -2.16. The number of likely N-dealkylation sites (tertiary alicyclic amines) is 1. The minimum atomic E-state index is -0.227. The predicted octanol–water partition coefficient (Wildman–Crippen LogP) is 2.66. The van der Waals surface area contributed by atoms with Crippen LogP contribution < -0.4 is 5.73 Å². The summed E-state index contributed by atoms with van der Waals surface area (Å²) >= 11 is 0. The van der Waals surface area contributed by atoms with E-state index in [0.29, 0.717) is 5.92 Å². The maximum absolute atomic E-state index is 13.1. The van der Waals surface area contributed by atoms with Crippen molar-refractivity contribution >= 4 is 5.69 Å². The first kappa shape index (κ1) is 12.4. The normalized spacial score (nSPS) is 25.3. The number of rotatable bonds is 4. The second-order valence-corrected chi connectivity index (χ2v) is 4.95. The Hall–Kier alpha value is -1.09. The third kappa shape index (κ3) is 2.78. The van der Waals surface area contributed by atoms with Gasteiger partial charge in [-0.15, -0.1) is 0 Å². The van der Waals surface area contributed by atoms with Gasteiger partial charge in [-0.2, -0.15) is 0 Å². The molecule has 2 N–H and O–H groups in total. The lowest BCUT2D eigenvalue weighted by atomic mass is 9.90. The summed E-state index contributed by atoms with van der Waals surface area (Å²) in [6.07, 6.45) is 1.13. The van der Waals surface area contributed by atoms with Gasteiger partial charge in [0.15, 0.2) is 0 Å². The fraction of sp³-hybridized carbons (Fsp3) is 0.571. The molecule has 0 aromatic heterocycles. The Balaban J connectivity index is 2.11. The molecule has 1 aromatic rings. The van der Waals surface area contributed by atoms with E-state index in [2.05, 4.69) is 11.8 Å². The second kappa shape index (κ2) is 5.50. The number of anilines is 1. The van der Waals surface area contributed by atoms with Crippen molar-refractivity contribution in [2.75, 3.05) is 32.0 Å². The van der Waals surface area contributed by atoms with E-state index < -0.39 is 0 Å². The summed E-state index contributed by atoms with van der Waals surface area (Å²) in [5.74, 6) is 0.470. The third-order valence-electron chi connectivity index (χ3n) is 3.62. The minimum Gasteiger partial charge on any atom is -0.399 e. The van der Waals surface area contributed by atoms with Gasteiger partial charge in [0.2, 0.25) is 0 Å². The largest absolute Gasteiger partial charge is 0.399 e. The molecule has 94 valence electrons. The van der Waals surface area contributed by atoms with Crippen molar-refractivity contribution in [3.8, 4) is 0 Å². The quantitative estimate of drug-likeness (QED) is 0.814. The fourth-order valence-corrected chi connectivity index (χ4v) is 2.74. The van der Waals surface area contributed by atoms with Gasteiger partial charge in [0.05, 0.1) is 6.67 Å². The van der Waals surface area contributed by atoms with Crippen LogP contribution in [0, 0.1) is 5.92 Å². The summed E-state index contributed by atoms with van der Waals surface area (Å²) < 4.78 is 13.1. The van der Waals surface area contributed by atoms with Crippen molar-refractivity contribution in [2.24, 2.45) is 5.92 Å². The zero-order chi connectivity index (χ0) is 12.3. The molecule has 1 fully saturated rings. The van der Waals surface area contributed by atoms with Crippen molar-refractivity contribution in [1.29, 1.82) is 0 Å². The molecule has 0 aliphatic carbocycles. The number of hydrogen-bond acceptors (Lipinski definition) is 2. The van der Waals surface area contributed by atoms with Crippen molar-refractivity contribution in [1.82, 2.24) is 4.90 Å². The van der Waals surface area contributed by atoms with E-state index in [4.69, 9.17) is 5.73 Å². The molecule has 1 aliphatic rings. The van der Waals surface area contributed by atoms with Crippen molar-refractivity contribution in [2.45, 2.75) is 19.3 Å². The SMILES string of the molecule is CCCN1CC(CF)C(c2ccc(N)cc2)C1. The summed E-state index contributed by atoms with van der Waals surface area (Å²) in [7, 11) is 0. The first-order chi connectivity index (χ1) is 8.24. The van der Waals surface area contributed by atoms with Crippen molar-refractivity contribution in [3.63, 3.8) is 0 Å². The molecule has 2 rings (SSSR count). The number of hydrogen-bond donors (Lipinski definition) is 1. The van der Waals surface area contributed by atoms with Crippen LogP contribution in [0.1, 0.15) is 24.8 Å². The van der Waals surface area contributed by atoms with E-state index in [0.717, 1.165) is 31.7 Å². The molecule has 2 unspecified atom stereocenters. The number of nitrogens with zero attached hydrogens (tertiary/aromatic N) is 1. The molecular formula is C14H21FN2. The van der Waals surface area contributed by atoms with Gasteiger partial charge in [-0.25, -0.2) is 0 Å². The van der Waals surface area contributed by atoms with E-state index >= 15 is 0 Å². The highest BCUT2D eigenvalue weighted by Gasteiger charge is 2.33. The van der Waals surface area contributed by atoms with Crippen molar-refractivity contribution in [3.05, 3.63) is 29.8 Å². The Morgan fingerprint density at radius 2 is 2.00 bits per heavy atom. The van der Waals surface area contributed by atoms with Gasteiger partial charge in [-0.3, -0.25) is 4.39 Å². The van der Waals surface area contributed by atoms with Crippen LogP contribution in [-0.2, 0) is 0 Å². The lowest BCUT2D eigenvalue weighted by Crippen LogP contribution is -2.21. The molecule has 0 radical (unpaired) electrons. The van der Waals surface area contributed by atoms with Crippen LogP contribution in [0.4, 0.5) is 10.1 Å². The molecule has 3 heteroatoms. The zero-order valence-corrected chi connectivity index (χ0v) is 10.4. The van der Waals surface area contributed by atoms with Crippen LogP contribution in [-0.4, -0.2) is 31.2 Å². The first-order valence-corrected chi connectivity index (χ1v) is 6.38. The molecule has 0 spiro atoms. The van der Waals surface area contributed by atoms with E-state index in [1.807, 2.05) is 24.3 Å². The number of halogens is 1. The molecular weight excluding hydrogens is 215 g/mol. The van der Waals surface area contributed by atoms with E-state index in [-0.39, 0.29) is 12.6 Å². The highest BCUT2D eigenvalue weighted by Crippen LogP contribution is 2.33. The van der Waals surface area contributed by atoms with Crippen LogP contribution in [0.15, 0.2) is 24.3 Å². The fourth-order valence-electron chi connectivity index (χ4n) is 2.74. The number of nitrogen functional groups attached to an aromatic ring is 1. The molecule has 1 saturated heterocycles. The first-order valence-electron chi connectivity index (χ1n) is 6.38. The van der Waals surface area contributed by atoms with Gasteiger partial charge >= 0.3 is 0 Å². The molecule has 1 aliphatic heterocycles. The number of benzene rings is 1. The maximum atomic E-state index is 13.1.